The Balaban J connectivity index is 2.77. The third kappa shape index (κ3) is 8.19. The van der Waals surface area contributed by atoms with Crippen molar-refractivity contribution in [1.82, 2.24) is 4.90 Å². The van der Waals surface area contributed by atoms with Crippen LogP contribution in [0.5, 0.6) is 0 Å². The first kappa shape index (κ1) is 10.2. The quantitative estimate of drug-likeness (QED) is 0.251. The second kappa shape index (κ2) is 7.30. The molecule has 0 radical (unpaired) electrons. The molecule has 0 saturated carbocycles. The number of nitrogens with zero attached hydrogens (tertiary/aromatic N) is 1. The summed E-state index contributed by atoms with van der Waals surface area (Å²) in [5.41, 5.74) is 0. The highest BCUT2D eigenvalue weighted by atomic mass is 32.2. The maximum atomic E-state index is 4.91. The molecule has 0 aromatic rings. The van der Waals surface area contributed by atoms with E-state index >= 15 is 0 Å². The fraction of sp³-hybridized carbons (Fsp3) is 1.00. The van der Waals surface area contributed by atoms with Gasteiger partial charge in [0.15, 0.2) is 12.3 Å². The summed E-state index contributed by atoms with van der Waals surface area (Å²) < 4.78 is 9.30. The Morgan fingerprint density at radius 2 is 2.10 bits per heavy atom. The van der Waals surface area contributed by atoms with Gasteiger partial charge in [0, 0.05) is 6.54 Å². The molecule has 0 amide bonds. The average Bonchev–Trinajstić information content (AvgIpc) is 1.87. The van der Waals surface area contributed by atoms with Crippen molar-refractivity contribution in [3.8, 4) is 0 Å². The number of hydrogen-bond donors (Lipinski definition) is 0. The summed E-state index contributed by atoms with van der Waals surface area (Å²) >= 11 is 0.846. The van der Waals surface area contributed by atoms with E-state index in [9.17, 15) is 0 Å². The van der Waals surface area contributed by atoms with Gasteiger partial charge in [-0.1, -0.05) is 0 Å². The van der Waals surface area contributed by atoms with E-state index in [-0.39, 0.29) is 0 Å². The lowest BCUT2D eigenvalue weighted by atomic mass is 10.6. The van der Waals surface area contributed by atoms with E-state index in [1.54, 1.807) is 0 Å². The Hall–Kier alpha value is 0.190. The van der Waals surface area contributed by atoms with Gasteiger partial charge >= 0.3 is 0 Å². The zero-order chi connectivity index (χ0) is 7.82. The number of rotatable bonds is 6. The van der Waals surface area contributed by atoms with Crippen LogP contribution in [0.15, 0.2) is 0 Å². The van der Waals surface area contributed by atoms with Gasteiger partial charge in [0.2, 0.25) is 0 Å². The highest BCUT2D eigenvalue weighted by Crippen LogP contribution is 2.02. The largest absolute Gasteiger partial charge is 0.307 e. The van der Waals surface area contributed by atoms with Crippen molar-refractivity contribution in [3.05, 3.63) is 0 Å². The Kier molecular flexibility index (Phi) is 7.44. The fourth-order valence-corrected chi connectivity index (χ4v) is 0.539. The van der Waals surface area contributed by atoms with Crippen molar-refractivity contribution in [1.29, 1.82) is 0 Å². The number of hydrogen-bond acceptors (Lipinski definition) is 5. The molecule has 0 N–H and O–H groups in total. The minimum atomic E-state index is 0.626. The van der Waals surface area contributed by atoms with E-state index < -0.39 is 0 Å². The predicted octanol–water partition coefficient (Wildman–Crippen LogP) is 0.706. The van der Waals surface area contributed by atoms with Crippen LogP contribution < -0.4 is 0 Å². The molecule has 0 aliphatic carbocycles. The van der Waals surface area contributed by atoms with Gasteiger partial charge in [-0.2, -0.15) is 0 Å². The SMILES string of the molecule is COOSOCCN(C)C. The summed E-state index contributed by atoms with van der Waals surface area (Å²) in [6.07, 6.45) is 0. The third-order valence-corrected chi connectivity index (χ3v) is 1.22. The Bertz CT molecular complexity index is 71.9. The molecule has 0 atom stereocenters. The van der Waals surface area contributed by atoms with Crippen molar-refractivity contribution in [2.75, 3.05) is 34.4 Å². The molecular formula is C5H13NO3S. The van der Waals surface area contributed by atoms with Crippen LogP contribution in [0.4, 0.5) is 0 Å². The van der Waals surface area contributed by atoms with Crippen LogP contribution in [0, 0.1) is 0 Å². The highest BCUT2D eigenvalue weighted by Gasteiger charge is 1.91. The lowest BCUT2D eigenvalue weighted by Crippen LogP contribution is -2.16. The first-order chi connectivity index (χ1) is 4.77. The van der Waals surface area contributed by atoms with Crippen LogP contribution in [-0.2, 0) is 13.4 Å². The first-order valence-electron chi connectivity index (χ1n) is 2.91. The molecule has 0 bridgehead atoms. The van der Waals surface area contributed by atoms with E-state index in [4.69, 9.17) is 4.18 Å². The Morgan fingerprint density at radius 3 is 2.60 bits per heavy atom. The highest BCUT2D eigenvalue weighted by molar-refractivity contribution is 7.89. The Labute approximate surface area is 65.8 Å². The molecule has 0 fully saturated rings. The summed E-state index contributed by atoms with van der Waals surface area (Å²) in [4.78, 5) is 6.29. The molecule has 4 nitrogen and oxygen atoms in total. The molecule has 0 unspecified atom stereocenters. The summed E-state index contributed by atoms with van der Waals surface area (Å²) in [6, 6.07) is 0. The van der Waals surface area contributed by atoms with E-state index in [0.29, 0.717) is 6.61 Å². The fourth-order valence-electron chi connectivity index (χ4n) is 0.301. The van der Waals surface area contributed by atoms with Gasteiger partial charge in [0.25, 0.3) is 0 Å². The van der Waals surface area contributed by atoms with Crippen molar-refractivity contribution in [3.63, 3.8) is 0 Å². The maximum absolute atomic E-state index is 4.91. The van der Waals surface area contributed by atoms with Crippen LogP contribution in [0.2, 0.25) is 0 Å². The Morgan fingerprint density at radius 1 is 1.40 bits per heavy atom. The van der Waals surface area contributed by atoms with E-state index in [0.717, 1.165) is 18.9 Å². The van der Waals surface area contributed by atoms with Crippen molar-refractivity contribution >= 4 is 12.3 Å². The topological polar surface area (TPSA) is 30.9 Å². The molecule has 62 valence electrons. The molecular weight excluding hydrogens is 154 g/mol. The van der Waals surface area contributed by atoms with Gasteiger partial charge in [-0.05, 0) is 14.1 Å². The molecule has 0 spiro atoms. The summed E-state index contributed by atoms with van der Waals surface area (Å²) in [7, 11) is 5.39. The van der Waals surface area contributed by atoms with E-state index in [1.165, 1.54) is 7.11 Å². The molecule has 0 aliphatic heterocycles. The normalized spacial score (nSPS) is 10.8. The average molecular weight is 167 g/mol. The minimum absolute atomic E-state index is 0.626. The molecule has 0 rings (SSSR count). The zero-order valence-electron chi connectivity index (χ0n) is 6.49. The van der Waals surface area contributed by atoms with Gasteiger partial charge in [0.1, 0.15) is 0 Å². The van der Waals surface area contributed by atoms with Gasteiger partial charge < -0.3 is 4.90 Å². The van der Waals surface area contributed by atoms with Gasteiger partial charge in [0.05, 0.1) is 13.7 Å². The lowest BCUT2D eigenvalue weighted by Gasteiger charge is -2.07. The van der Waals surface area contributed by atoms with Crippen LogP contribution >= 0.6 is 12.3 Å². The second-order valence-electron chi connectivity index (χ2n) is 1.93. The monoisotopic (exact) mass is 167 g/mol. The molecule has 0 aliphatic rings. The summed E-state index contributed by atoms with van der Waals surface area (Å²) in [5.74, 6) is 0. The van der Waals surface area contributed by atoms with E-state index in [1.807, 2.05) is 19.0 Å². The van der Waals surface area contributed by atoms with Crippen LogP contribution in [-0.4, -0.2) is 39.3 Å². The van der Waals surface area contributed by atoms with Crippen LogP contribution in [0.25, 0.3) is 0 Å². The summed E-state index contributed by atoms with van der Waals surface area (Å²) in [6.45, 7) is 1.50. The molecule has 5 heteroatoms. The lowest BCUT2D eigenvalue weighted by molar-refractivity contribution is -0.166. The van der Waals surface area contributed by atoms with Crippen molar-refractivity contribution < 1.29 is 13.4 Å². The second-order valence-corrected chi connectivity index (χ2v) is 2.44. The van der Waals surface area contributed by atoms with Gasteiger partial charge in [-0.3, -0.25) is 4.18 Å². The van der Waals surface area contributed by atoms with Gasteiger partial charge in [-0.25, -0.2) is 4.89 Å². The first-order valence-corrected chi connectivity index (χ1v) is 3.57. The molecule has 10 heavy (non-hydrogen) atoms. The molecule has 0 heterocycles. The third-order valence-electron chi connectivity index (χ3n) is 0.766. The standard InChI is InChI=1S/C5H13NO3S/c1-6(2)4-5-8-10-9-7-3/h4-5H2,1-3H3. The van der Waals surface area contributed by atoms with E-state index in [2.05, 4.69) is 9.22 Å². The zero-order valence-corrected chi connectivity index (χ0v) is 7.31. The molecule has 0 aromatic heterocycles. The van der Waals surface area contributed by atoms with Crippen molar-refractivity contribution in [2.24, 2.45) is 0 Å². The smallest absolute Gasteiger partial charge is 0.194 e. The van der Waals surface area contributed by atoms with Crippen LogP contribution in [0.3, 0.4) is 0 Å². The maximum Gasteiger partial charge on any atom is 0.194 e. The minimum Gasteiger partial charge on any atom is -0.307 e. The van der Waals surface area contributed by atoms with Gasteiger partial charge in [-0.15, -0.1) is 4.33 Å². The number of likely N-dealkylation sites (N-methyl/N-ethyl adjacent to an activating group) is 1. The summed E-state index contributed by atoms with van der Waals surface area (Å²) in [5, 5.41) is 0. The van der Waals surface area contributed by atoms with Crippen molar-refractivity contribution in [2.45, 2.75) is 0 Å². The molecule has 0 aromatic carbocycles. The predicted molar refractivity (Wildman–Crippen MR) is 40.2 cm³/mol. The molecule has 0 saturated heterocycles. The van der Waals surface area contributed by atoms with Crippen LogP contribution in [0.1, 0.15) is 0 Å².